The Labute approximate surface area is 122 Å². The Bertz CT molecular complexity index is 687. The molecule has 0 bridgehead atoms. The number of ketones is 1. The van der Waals surface area contributed by atoms with E-state index in [1.165, 1.54) is 13.0 Å². The lowest BCUT2D eigenvalue weighted by Gasteiger charge is -2.03. The molecule has 0 fully saturated rings. The Hall–Kier alpha value is -2.88. The van der Waals surface area contributed by atoms with Crippen LogP contribution >= 0.6 is 0 Å². The minimum Gasteiger partial charge on any atom is -0.508 e. The zero-order valence-corrected chi connectivity index (χ0v) is 11.5. The van der Waals surface area contributed by atoms with E-state index in [0.717, 1.165) is 5.56 Å². The highest BCUT2D eigenvalue weighted by atomic mass is 16.3. The molecule has 4 nitrogen and oxygen atoms in total. The molecule has 0 heterocycles. The van der Waals surface area contributed by atoms with Crippen LogP contribution in [0.15, 0.2) is 54.6 Å². The maximum Gasteiger partial charge on any atom is 0.248 e. The molecule has 0 saturated carbocycles. The number of hydrogen-bond donors (Lipinski definition) is 2. The monoisotopic (exact) mass is 281 g/mol. The van der Waals surface area contributed by atoms with E-state index in [9.17, 15) is 9.59 Å². The third-order valence-corrected chi connectivity index (χ3v) is 2.86. The summed E-state index contributed by atoms with van der Waals surface area (Å²) in [5.74, 6) is -0.160. The first-order valence-electron chi connectivity index (χ1n) is 6.44. The van der Waals surface area contributed by atoms with Crippen LogP contribution in [0.4, 0.5) is 5.69 Å². The average Bonchev–Trinajstić information content (AvgIpc) is 2.47. The maximum absolute atomic E-state index is 11.8. The molecule has 0 aliphatic carbocycles. The number of carbonyl (C=O) groups is 2. The minimum atomic E-state index is -0.288. The van der Waals surface area contributed by atoms with Gasteiger partial charge in [0.1, 0.15) is 5.75 Å². The molecule has 0 radical (unpaired) electrons. The first kappa shape index (κ1) is 14.5. The summed E-state index contributed by atoms with van der Waals surface area (Å²) in [6, 6.07) is 13.3. The highest BCUT2D eigenvalue weighted by Gasteiger charge is 2.02. The van der Waals surface area contributed by atoms with Gasteiger partial charge in [0.05, 0.1) is 0 Å². The zero-order chi connectivity index (χ0) is 15.2. The van der Waals surface area contributed by atoms with E-state index in [0.29, 0.717) is 11.3 Å². The van der Waals surface area contributed by atoms with Crippen LogP contribution in [0.1, 0.15) is 22.8 Å². The molecular weight excluding hydrogens is 266 g/mol. The first-order chi connectivity index (χ1) is 10.0. The summed E-state index contributed by atoms with van der Waals surface area (Å²) in [6.45, 7) is 1.48. The first-order valence-corrected chi connectivity index (χ1v) is 6.44. The molecule has 0 spiro atoms. The van der Waals surface area contributed by atoms with Gasteiger partial charge in [-0.25, -0.2) is 0 Å². The zero-order valence-electron chi connectivity index (χ0n) is 11.5. The fourth-order valence-electron chi connectivity index (χ4n) is 1.76. The second kappa shape index (κ2) is 6.52. The van der Waals surface area contributed by atoms with Gasteiger partial charge in [0.25, 0.3) is 0 Å². The second-order valence-corrected chi connectivity index (χ2v) is 4.55. The number of hydrogen-bond acceptors (Lipinski definition) is 3. The summed E-state index contributed by atoms with van der Waals surface area (Å²) in [4.78, 5) is 23.1. The number of anilines is 1. The lowest BCUT2D eigenvalue weighted by Crippen LogP contribution is -2.08. The van der Waals surface area contributed by atoms with Crippen molar-refractivity contribution in [3.8, 4) is 5.75 Å². The number of carbonyl (C=O) groups excluding carboxylic acids is 2. The molecule has 1 amide bonds. The molecule has 2 aromatic carbocycles. The van der Waals surface area contributed by atoms with Crippen molar-refractivity contribution in [1.82, 2.24) is 0 Å². The van der Waals surface area contributed by atoms with Gasteiger partial charge < -0.3 is 10.4 Å². The van der Waals surface area contributed by atoms with Crippen LogP contribution in [0.3, 0.4) is 0 Å². The van der Waals surface area contributed by atoms with E-state index in [4.69, 9.17) is 5.11 Å². The van der Waals surface area contributed by atoms with Crippen LogP contribution < -0.4 is 5.32 Å². The Morgan fingerprint density at radius 3 is 2.48 bits per heavy atom. The average molecular weight is 281 g/mol. The Morgan fingerprint density at radius 2 is 1.81 bits per heavy atom. The summed E-state index contributed by atoms with van der Waals surface area (Å²) >= 11 is 0. The standard InChI is InChI=1S/C17H15NO3/c1-12(19)14-3-2-4-15(11-14)18-17(21)10-7-13-5-8-16(20)9-6-13/h2-11,20H,1H3,(H,18,21)/b10-7+. The summed E-state index contributed by atoms with van der Waals surface area (Å²) < 4.78 is 0. The molecule has 2 rings (SSSR count). The predicted molar refractivity (Wildman–Crippen MR) is 82.2 cm³/mol. The van der Waals surface area contributed by atoms with Crippen LogP contribution in [0.25, 0.3) is 6.08 Å². The lowest BCUT2D eigenvalue weighted by molar-refractivity contribution is -0.111. The van der Waals surface area contributed by atoms with Crippen LogP contribution in [0.2, 0.25) is 0 Å². The van der Waals surface area contributed by atoms with Gasteiger partial charge in [0.15, 0.2) is 5.78 Å². The largest absolute Gasteiger partial charge is 0.508 e. The molecule has 0 aliphatic heterocycles. The maximum atomic E-state index is 11.8. The van der Waals surface area contributed by atoms with E-state index in [1.807, 2.05) is 0 Å². The molecule has 2 aromatic rings. The normalized spacial score (nSPS) is 10.5. The van der Waals surface area contributed by atoms with Crippen molar-refractivity contribution >= 4 is 23.5 Å². The number of rotatable bonds is 4. The van der Waals surface area contributed by atoms with Crippen molar-refractivity contribution in [2.45, 2.75) is 6.92 Å². The quantitative estimate of drug-likeness (QED) is 0.668. The van der Waals surface area contributed by atoms with Crippen molar-refractivity contribution < 1.29 is 14.7 Å². The number of benzene rings is 2. The van der Waals surface area contributed by atoms with Gasteiger partial charge >= 0.3 is 0 Å². The van der Waals surface area contributed by atoms with Crippen LogP contribution in [0.5, 0.6) is 5.75 Å². The van der Waals surface area contributed by atoms with Gasteiger partial charge in [0.2, 0.25) is 5.91 Å². The number of nitrogens with one attached hydrogen (secondary N) is 1. The van der Waals surface area contributed by atoms with Crippen molar-refractivity contribution in [2.24, 2.45) is 0 Å². The van der Waals surface area contributed by atoms with E-state index < -0.39 is 0 Å². The van der Waals surface area contributed by atoms with Crippen molar-refractivity contribution in [3.63, 3.8) is 0 Å². The molecule has 106 valence electrons. The Balaban J connectivity index is 2.03. The fourth-order valence-corrected chi connectivity index (χ4v) is 1.76. The van der Waals surface area contributed by atoms with Gasteiger partial charge in [-0.1, -0.05) is 24.3 Å². The number of phenolic OH excluding ortho intramolecular Hbond substituents is 1. The molecule has 2 N–H and O–H groups in total. The molecule has 0 aliphatic rings. The van der Waals surface area contributed by atoms with E-state index >= 15 is 0 Å². The van der Waals surface area contributed by atoms with Crippen molar-refractivity contribution in [2.75, 3.05) is 5.32 Å². The van der Waals surface area contributed by atoms with Gasteiger partial charge in [-0.3, -0.25) is 9.59 Å². The third kappa shape index (κ3) is 4.31. The number of amides is 1. The molecule has 0 saturated heterocycles. The SMILES string of the molecule is CC(=O)c1cccc(NC(=O)/C=C/c2ccc(O)cc2)c1. The summed E-state index contributed by atoms with van der Waals surface area (Å²) in [5.41, 5.74) is 1.93. The topological polar surface area (TPSA) is 66.4 Å². The highest BCUT2D eigenvalue weighted by Crippen LogP contribution is 2.13. The van der Waals surface area contributed by atoms with E-state index in [2.05, 4.69) is 5.32 Å². The van der Waals surface area contributed by atoms with E-state index in [1.54, 1.807) is 54.6 Å². The molecule has 21 heavy (non-hydrogen) atoms. The fraction of sp³-hybridized carbons (Fsp3) is 0.0588. The van der Waals surface area contributed by atoms with E-state index in [-0.39, 0.29) is 17.4 Å². The number of Topliss-reactive ketones (excluding diaryl/α,β-unsaturated/α-hetero) is 1. The summed E-state index contributed by atoms with van der Waals surface area (Å²) in [7, 11) is 0. The van der Waals surface area contributed by atoms with Crippen LogP contribution in [-0.4, -0.2) is 16.8 Å². The molecule has 0 aromatic heterocycles. The summed E-state index contributed by atoms with van der Waals surface area (Å²) in [6.07, 6.45) is 3.04. The van der Waals surface area contributed by atoms with Gasteiger partial charge in [-0.2, -0.15) is 0 Å². The van der Waals surface area contributed by atoms with Gasteiger partial charge in [-0.15, -0.1) is 0 Å². The molecule has 0 atom stereocenters. The third-order valence-electron chi connectivity index (χ3n) is 2.86. The van der Waals surface area contributed by atoms with Crippen molar-refractivity contribution in [3.05, 3.63) is 65.7 Å². The smallest absolute Gasteiger partial charge is 0.248 e. The minimum absolute atomic E-state index is 0.0502. The van der Waals surface area contributed by atoms with Crippen LogP contribution in [-0.2, 0) is 4.79 Å². The van der Waals surface area contributed by atoms with Crippen LogP contribution in [0, 0.1) is 0 Å². The number of phenols is 1. The Kier molecular flexibility index (Phi) is 4.51. The Morgan fingerprint density at radius 1 is 1.10 bits per heavy atom. The molecule has 0 unspecified atom stereocenters. The lowest BCUT2D eigenvalue weighted by atomic mass is 10.1. The van der Waals surface area contributed by atoms with Crippen molar-refractivity contribution in [1.29, 1.82) is 0 Å². The second-order valence-electron chi connectivity index (χ2n) is 4.55. The number of aromatic hydroxyl groups is 1. The summed E-state index contributed by atoms with van der Waals surface area (Å²) in [5, 5.41) is 11.9. The molecular formula is C17H15NO3. The van der Waals surface area contributed by atoms with Gasteiger partial charge in [-0.05, 0) is 42.8 Å². The van der Waals surface area contributed by atoms with Gasteiger partial charge in [0, 0.05) is 17.3 Å². The highest BCUT2D eigenvalue weighted by molar-refractivity contribution is 6.03. The predicted octanol–water partition coefficient (Wildman–Crippen LogP) is 3.25. The molecule has 4 heteroatoms.